The SMILES string of the molecule is Cc1c[nH]c2c1C(=O)N(CCN1C=CC=CC1)CC2. The summed E-state index contributed by atoms with van der Waals surface area (Å²) in [5.41, 5.74) is 3.05. The zero-order valence-electron chi connectivity index (χ0n) is 11.2. The van der Waals surface area contributed by atoms with Crippen molar-refractivity contribution in [1.29, 1.82) is 0 Å². The maximum absolute atomic E-state index is 12.4. The molecule has 0 aliphatic carbocycles. The molecule has 2 aliphatic heterocycles. The first-order chi connectivity index (χ1) is 9.25. The van der Waals surface area contributed by atoms with E-state index in [4.69, 9.17) is 0 Å². The summed E-state index contributed by atoms with van der Waals surface area (Å²) in [6.45, 7) is 5.44. The van der Waals surface area contributed by atoms with E-state index in [0.717, 1.165) is 49.4 Å². The standard InChI is InChI=1S/C15H19N3O/c1-12-11-16-13-5-8-18(15(19)14(12)13)10-9-17-6-3-2-4-7-17/h2-4,6,11,16H,5,7-10H2,1H3. The lowest BCUT2D eigenvalue weighted by atomic mass is 10.0. The van der Waals surface area contributed by atoms with Gasteiger partial charge in [-0.2, -0.15) is 0 Å². The van der Waals surface area contributed by atoms with Gasteiger partial charge in [-0.15, -0.1) is 0 Å². The fourth-order valence-corrected chi connectivity index (χ4v) is 2.71. The van der Waals surface area contributed by atoms with Gasteiger partial charge in [0.25, 0.3) is 5.91 Å². The van der Waals surface area contributed by atoms with Crippen molar-refractivity contribution in [3.8, 4) is 0 Å². The first-order valence-corrected chi connectivity index (χ1v) is 6.79. The molecule has 19 heavy (non-hydrogen) atoms. The van der Waals surface area contributed by atoms with Crippen molar-refractivity contribution >= 4 is 5.91 Å². The highest BCUT2D eigenvalue weighted by molar-refractivity contribution is 5.97. The second-order valence-corrected chi connectivity index (χ2v) is 5.13. The molecule has 3 rings (SSSR count). The van der Waals surface area contributed by atoms with Crippen LogP contribution in [0.25, 0.3) is 0 Å². The first-order valence-electron chi connectivity index (χ1n) is 6.79. The minimum atomic E-state index is 0.177. The van der Waals surface area contributed by atoms with Crippen LogP contribution in [0.5, 0.6) is 0 Å². The van der Waals surface area contributed by atoms with Gasteiger partial charge in [-0.3, -0.25) is 4.79 Å². The lowest BCUT2D eigenvalue weighted by Crippen LogP contribution is -2.41. The summed E-state index contributed by atoms with van der Waals surface area (Å²) in [7, 11) is 0. The predicted molar refractivity (Wildman–Crippen MR) is 75.0 cm³/mol. The zero-order valence-corrected chi connectivity index (χ0v) is 11.2. The number of H-pyrrole nitrogens is 1. The summed E-state index contributed by atoms with van der Waals surface area (Å²) in [5, 5.41) is 0. The van der Waals surface area contributed by atoms with Gasteiger partial charge in [0.15, 0.2) is 0 Å². The molecule has 0 unspecified atom stereocenters. The fourth-order valence-electron chi connectivity index (χ4n) is 2.71. The van der Waals surface area contributed by atoms with Crippen molar-refractivity contribution in [2.75, 3.05) is 26.2 Å². The lowest BCUT2D eigenvalue weighted by molar-refractivity contribution is 0.0728. The van der Waals surface area contributed by atoms with Crippen molar-refractivity contribution in [3.63, 3.8) is 0 Å². The summed E-state index contributed by atoms with van der Waals surface area (Å²) in [5.74, 6) is 0.177. The van der Waals surface area contributed by atoms with Gasteiger partial charge < -0.3 is 14.8 Å². The Labute approximate surface area is 113 Å². The van der Waals surface area contributed by atoms with Gasteiger partial charge in [-0.1, -0.05) is 12.2 Å². The van der Waals surface area contributed by atoms with Crippen molar-refractivity contribution < 1.29 is 4.79 Å². The number of hydrogen-bond acceptors (Lipinski definition) is 2. The highest BCUT2D eigenvalue weighted by atomic mass is 16.2. The molecule has 1 aromatic heterocycles. The van der Waals surface area contributed by atoms with E-state index < -0.39 is 0 Å². The van der Waals surface area contributed by atoms with E-state index in [1.807, 2.05) is 24.1 Å². The molecule has 2 aliphatic rings. The third-order valence-corrected chi connectivity index (χ3v) is 3.83. The molecular formula is C15H19N3O. The molecule has 100 valence electrons. The Hall–Kier alpha value is -1.97. The summed E-state index contributed by atoms with van der Waals surface area (Å²) < 4.78 is 0. The van der Waals surface area contributed by atoms with Crippen LogP contribution in [0.4, 0.5) is 0 Å². The Bertz CT molecular complexity index is 542. The molecule has 0 radical (unpaired) electrons. The molecule has 1 N–H and O–H groups in total. The summed E-state index contributed by atoms with van der Waals surface area (Å²) in [6, 6.07) is 0. The molecule has 0 bridgehead atoms. The van der Waals surface area contributed by atoms with Gasteiger partial charge in [0.05, 0.1) is 5.56 Å². The summed E-state index contributed by atoms with van der Waals surface area (Å²) in [6.07, 6.45) is 11.2. The van der Waals surface area contributed by atoms with Gasteiger partial charge in [-0.25, -0.2) is 0 Å². The number of carbonyl (C=O) groups is 1. The van der Waals surface area contributed by atoms with Crippen LogP contribution in [0.2, 0.25) is 0 Å². The quantitative estimate of drug-likeness (QED) is 0.895. The molecule has 1 aromatic rings. The van der Waals surface area contributed by atoms with Crippen LogP contribution >= 0.6 is 0 Å². The molecule has 4 nitrogen and oxygen atoms in total. The second kappa shape index (κ2) is 4.96. The topological polar surface area (TPSA) is 39.3 Å². The molecule has 1 amide bonds. The largest absolute Gasteiger partial charge is 0.372 e. The number of hydrogen-bond donors (Lipinski definition) is 1. The van der Waals surface area contributed by atoms with Crippen LogP contribution in [0.1, 0.15) is 21.6 Å². The highest BCUT2D eigenvalue weighted by Crippen LogP contribution is 2.21. The Balaban J connectivity index is 1.64. The molecule has 0 atom stereocenters. The van der Waals surface area contributed by atoms with Crippen molar-refractivity contribution in [3.05, 3.63) is 47.4 Å². The van der Waals surface area contributed by atoms with Crippen LogP contribution in [0, 0.1) is 6.92 Å². The molecular weight excluding hydrogens is 238 g/mol. The van der Waals surface area contributed by atoms with Gasteiger partial charge in [0.2, 0.25) is 0 Å². The number of amides is 1. The highest BCUT2D eigenvalue weighted by Gasteiger charge is 2.26. The van der Waals surface area contributed by atoms with Gasteiger partial charge in [0, 0.05) is 44.5 Å². The minimum Gasteiger partial charge on any atom is -0.372 e. The van der Waals surface area contributed by atoms with Gasteiger partial charge in [0.1, 0.15) is 0 Å². The Morgan fingerprint density at radius 1 is 1.32 bits per heavy atom. The van der Waals surface area contributed by atoms with E-state index in [0.29, 0.717) is 0 Å². The number of aryl methyl sites for hydroxylation is 1. The van der Waals surface area contributed by atoms with Crippen LogP contribution in [0.15, 0.2) is 30.6 Å². The van der Waals surface area contributed by atoms with E-state index in [2.05, 4.69) is 28.2 Å². The van der Waals surface area contributed by atoms with E-state index >= 15 is 0 Å². The van der Waals surface area contributed by atoms with Crippen LogP contribution in [0.3, 0.4) is 0 Å². The van der Waals surface area contributed by atoms with Gasteiger partial charge in [-0.05, 0) is 24.8 Å². The number of allylic oxidation sites excluding steroid dienone is 2. The normalized spacial score (nSPS) is 18.1. The number of aromatic amines is 1. The van der Waals surface area contributed by atoms with Crippen molar-refractivity contribution in [2.24, 2.45) is 0 Å². The maximum Gasteiger partial charge on any atom is 0.256 e. The van der Waals surface area contributed by atoms with Crippen molar-refractivity contribution in [1.82, 2.24) is 14.8 Å². The maximum atomic E-state index is 12.4. The number of nitrogens with zero attached hydrogens (tertiary/aromatic N) is 2. The number of fused-ring (bicyclic) bond motifs is 1. The third-order valence-electron chi connectivity index (χ3n) is 3.83. The van der Waals surface area contributed by atoms with Crippen LogP contribution < -0.4 is 0 Å². The fraction of sp³-hybridized carbons (Fsp3) is 0.400. The molecule has 0 fully saturated rings. The van der Waals surface area contributed by atoms with E-state index in [1.54, 1.807) is 0 Å². The molecule has 0 spiro atoms. The zero-order chi connectivity index (χ0) is 13.2. The Morgan fingerprint density at radius 3 is 3.00 bits per heavy atom. The average molecular weight is 257 g/mol. The predicted octanol–water partition coefficient (Wildman–Crippen LogP) is 1.71. The Morgan fingerprint density at radius 2 is 2.21 bits per heavy atom. The van der Waals surface area contributed by atoms with Crippen molar-refractivity contribution in [2.45, 2.75) is 13.3 Å². The van der Waals surface area contributed by atoms with E-state index in [9.17, 15) is 4.79 Å². The number of aromatic nitrogens is 1. The number of carbonyl (C=O) groups excluding carboxylic acids is 1. The molecule has 4 heteroatoms. The molecule has 0 aromatic carbocycles. The molecule has 0 saturated heterocycles. The first kappa shape index (κ1) is 12.1. The average Bonchev–Trinajstić information content (AvgIpc) is 2.82. The Kier molecular flexibility index (Phi) is 3.15. The summed E-state index contributed by atoms with van der Waals surface area (Å²) in [4.78, 5) is 19.8. The molecule has 0 saturated carbocycles. The minimum absolute atomic E-state index is 0.177. The third kappa shape index (κ3) is 2.30. The lowest BCUT2D eigenvalue weighted by Gasteiger charge is -2.30. The second-order valence-electron chi connectivity index (χ2n) is 5.13. The van der Waals surface area contributed by atoms with Crippen LogP contribution in [-0.2, 0) is 6.42 Å². The monoisotopic (exact) mass is 257 g/mol. The molecule has 3 heterocycles. The van der Waals surface area contributed by atoms with E-state index in [1.165, 1.54) is 0 Å². The van der Waals surface area contributed by atoms with E-state index in [-0.39, 0.29) is 5.91 Å². The summed E-state index contributed by atoms with van der Waals surface area (Å²) >= 11 is 0. The smallest absolute Gasteiger partial charge is 0.256 e. The van der Waals surface area contributed by atoms with Gasteiger partial charge >= 0.3 is 0 Å². The number of nitrogens with one attached hydrogen (secondary N) is 1. The number of rotatable bonds is 3. The van der Waals surface area contributed by atoms with Crippen LogP contribution in [-0.4, -0.2) is 46.9 Å².